The third-order valence-corrected chi connectivity index (χ3v) is 14.5. The number of hydrogen-bond donors (Lipinski definition) is 0. The van der Waals surface area contributed by atoms with E-state index >= 15 is 0 Å². The van der Waals surface area contributed by atoms with Crippen molar-refractivity contribution < 1.29 is 0 Å². The smallest absolute Gasteiger partial charge is 0.0747 e. The van der Waals surface area contributed by atoms with Crippen molar-refractivity contribution in [2.75, 3.05) is 9.80 Å². The minimum atomic E-state index is -0.674. The first-order chi connectivity index (χ1) is 33.8. The van der Waals surface area contributed by atoms with Gasteiger partial charge in [0.2, 0.25) is 0 Å². The summed E-state index contributed by atoms with van der Waals surface area (Å²) >= 11 is 0. The van der Waals surface area contributed by atoms with Crippen LogP contribution in [0.1, 0.15) is 22.3 Å². The van der Waals surface area contributed by atoms with Crippen molar-refractivity contribution in [1.82, 2.24) is 4.57 Å². The van der Waals surface area contributed by atoms with E-state index in [1.165, 1.54) is 82.8 Å². The van der Waals surface area contributed by atoms with E-state index in [1.807, 2.05) is 0 Å². The quantitative estimate of drug-likeness (QED) is 0.158. The zero-order valence-corrected chi connectivity index (χ0v) is 37.2. The van der Waals surface area contributed by atoms with Crippen molar-refractivity contribution in [2.45, 2.75) is 5.41 Å². The lowest BCUT2D eigenvalue weighted by Gasteiger charge is -2.37. The van der Waals surface area contributed by atoms with Gasteiger partial charge in [0.25, 0.3) is 0 Å². The van der Waals surface area contributed by atoms with Crippen molar-refractivity contribution in [3.8, 4) is 27.9 Å². The maximum absolute atomic E-state index is 2.56. The molecule has 0 saturated carbocycles. The predicted molar refractivity (Wildman–Crippen MR) is 284 cm³/mol. The summed E-state index contributed by atoms with van der Waals surface area (Å²) in [6, 6.07) is 96.3. The fourth-order valence-corrected chi connectivity index (χ4v) is 11.8. The molecule has 11 aromatic carbocycles. The summed E-state index contributed by atoms with van der Waals surface area (Å²) in [4.78, 5) is 4.96. The van der Waals surface area contributed by atoms with E-state index in [9.17, 15) is 0 Å². The summed E-state index contributed by atoms with van der Waals surface area (Å²) in [5.41, 5.74) is 19.8. The summed E-state index contributed by atoms with van der Waals surface area (Å²) in [6.45, 7) is 0. The van der Waals surface area contributed by atoms with Gasteiger partial charge in [-0.25, -0.2) is 0 Å². The van der Waals surface area contributed by atoms with Gasteiger partial charge < -0.3 is 14.4 Å². The number of anilines is 6. The van der Waals surface area contributed by atoms with Gasteiger partial charge in [-0.1, -0.05) is 170 Å². The van der Waals surface area contributed by atoms with Crippen LogP contribution >= 0.6 is 0 Å². The summed E-state index contributed by atoms with van der Waals surface area (Å²) < 4.78 is 2.40. The molecule has 1 spiro atoms. The summed E-state index contributed by atoms with van der Waals surface area (Å²) in [5, 5.41) is 4.84. The van der Waals surface area contributed by atoms with Crippen LogP contribution in [-0.2, 0) is 5.41 Å². The molecule has 3 nitrogen and oxygen atoms in total. The lowest BCUT2D eigenvalue weighted by atomic mass is 9.69. The van der Waals surface area contributed by atoms with Gasteiger partial charge in [0.15, 0.2) is 0 Å². The monoisotopic (exact) mass is 865 g/mol. The average molecular weight is 866 g/mol. The highest BCUT2D eigenvalue weighted by Crippen LogP contribution is 2.67. The molecule has 0 fully saturated rings. The van der Waals surface area contributed by atoms with Gasteiger partial charge >= 0.3 is 0 Å². The van der Waals surface area contributed by atoms with E-state index in [0.29, 0.717) is 0 Å². The summed E-state index contributed by atoms with van der Waals surface area (Å²) in [6.07, 6.45) is 0. The van der Waals surface area contributed by atoms with Crippen molar-refractivity contribution >= 4 is 66.7 Å². The molecule has 2 aliphatic rings. The van der Waals surface area contributed by atoms with E-state index in [0.717, 1.165) is 34.1 Å². The van der Waals surface area contributed by atoms with Crippen LogP contribution in [0, 0.1) is 0 Å². The number of benzene rings is 11. The Hall–Kier alpha value is -8.92. The zero-order valence-electron chi connectivity index (χ0n) is 37.2. The Bertz CT molecular complexity index is 3870. The maximum atomic E-state index is 2.56. The van der Waals surface area contributed by atoms with Gasteiger partial charge in [0, 0.05) is 55.8 Å². The van der Waals surface area contributed by atoms with E-state index < -0.39 is 5.41 Å². The second-order valence-corrected chi connectivity index (χ2v) is 18.0. The zero-order chi connectivity index (χ0) is 44.8. The molecular weight excluding hydrogens is 823 g/mol. The molecule has 1 heterocycles. The molecule has 1 aromatic heterocycles. The molecule has 14 rings (SSSR count). The molecule has 68 heavy (non-hydrogen) atoms. The van der Waals surface area contributed by atoms with Gasteiger partial charge in [-0.2, -0.15) is 0 Å². The van der Waals surface area contributed by atoms with Gasteiger partial charge in [0.1, 0.15) is 0 Å². The van der Waals surface area contributed by atoms with Gasteiger partial charge in [-0.15, -0.1) is 0 Å². The number of para-hydroxylation sites is 5. The number of rotatable bonds is 7. The minimum Gasteiger partial charge on any atom is -0.310 e. The van der Waals surface area contributed by atoms with Crippen molar-refractivity contribution in [1.29, 1.82) is 0 Å². The van der Waals surface area contributed by atoms with Gasteiger partial charge in [-0.3, -0.25) is 0 Å². The van der Waals surface area contributed by atoms with Crippen LogP contribution < -0.4 is 9.80 Å². The largest absolute Gasteiger partial charge is 0.310 e. The maximum Gasteiger partial charge on any atom is 0.0747 e. The lowest BCUT2D eigenvalue weighted by Crippen LogP contribution is -2.28. The Morgan fingerprint density at radius 3 is 1.46 bits per heavy atom. The molecule has 0 aliphatic heterocycles. The molecule has 2 aliphatic carbocycles. The second kappa shape index (κ2) is 15.1. The first-order valence-electron chi connectivity index (χ1n) is 23.5. The van der Waals surface area contributed by atoms with Crippen LogP contribution in [0.4, 0.5) is 34.1 Å². The van der Waals surface area contributed by atoms with E-state index in [4.69, 9.17) is 0 Å². The van der Waals surface area contributed by atoms with Crippen molar-refractivity contribution in [3.63, 3.8) is 0 Å². The molecule has 3 heteroatoms. The van der Waals surface area contributed by atoms with Crippen LogP contribution in [0.3, 0.4) is 0 Å². The standard InChI is InChI=1S/C65H43N3/c1-5-22-45(23-6-1)66(46-24-7-2-8-25-46)50-37-39-54-52-31-15-18-34-58(52)65(60(54)43-50)59-35-19-16-32-53(59)57-41-44-21-13-14-30-51(44)64(63(57)65)67(47-26-9-3-10-27-47)49-38-40-62-56(42-49)55-33-17-20-36-61(55)68(62)48-28-11-4-12-29-48/h1-43H. The van der Waals surface area contributed by atoms with Crippen molar-refractivity contribution in [2.24, 2.45) is 0 Å². The Morgan fingerprint density at radius 2 is 0.779 bits per heavy atom. The molecule has 0 amide bonds. The summed E-state index contributed by atoms with van der Waals surface area (Å²) in [5.74, 6) is 0. The number of hydrogen-bond acceptors (Lipinski definition) is 2. The van der Waals surface area contributed by atoms with E-state index in [-0.39, 0.29) is 0 Å². The minimum absolute atomic E-state index is 0.674. The summed E-state index contributed by atoms with van der Waals surface area (Å²) in [7, 11) is 0. The Balaban J connectivity index is 1.11. The highest BCUT2D eigenvalue weighted by Gasteiger charge is 2.54. The highest BCUT2D eigenvalue weighted by molar-refractivity contribution is 6.13. The topological polar surface area (TPSA) is 11.4 Å². The molecule has 12 aromatic rings. The Kier molecular flexibility index (Phi) is 8.50. The first-order valence-corrected chi connectivity index (χ1v) is 23.5. The third kappa shape index (κ3) is 5.47. The molecule has 0 saturated heterocycles. The Morgan fingerprint density at radius 1 is 0.294 bits per heavy atom. The highest BCUT2D eigenvalue weighted by atomic mass is 15.2. The Labute approximate surface area is 395 Å². The SMILES string of the molecule is c1ccc(N(c2ccccc2)c2ccc3c(c2)C2(c4ccccc4-3)c3ccccc3-c3cc4ccccc4c(N(c4ccccc4)c4ccc5c(c4)c4ccccc4n5-c4ccccc4)c32)cc1. The number of fused-ring (bicyclic) bond motifs is 14. The fraction of sp³-hybridized carbons (Fsp3) is 0.0154. The average Bonchev–Trinajstić information content (AvgIpc) is 4.01. The van der Waals surface area contributed by atoms with Crippen LogP contribution in [-0.4, -0.2) is 4.57 Å². The predicted octanol–water partition coefficient (Wildman–Crippen LogP) is 17.2. The van der Waals surface area contributed by atoms with E-state index in [1.54, 1.807) is 0 Å². The molecule has 0 radical (unpaired) electrons. The second-order valence-electron chi connectivity index (χ2n) is 18.0. The third-order valence-electron chi connectivity index (χ3n) is 14.5. The molecular formula is C65H43N3. The van der Waals surface area contributed by atoms with Gasteiger partial charge in [0.05, 0.1) is 22.1 Å². The first kappa shape index (κ1) is 38.4. The number of nitrogens with zero attached hydrogens (tertiary/aromatic N) is 3. The fourth-order valence-electron chi connectivity index (χ4n) is 11.8. The molecule has 1 unspecified atom stereocenters. The molecule has 0 bridgehead atoms. The van der Waals surface area contributed by atoms with Crippen molar-refractivity contribution in [3.05, 3.63) is 283 Å². The molecule has 318 valence electrons. The lowest BCUT2D eigenvalue weighted by molar-refractivity contribution is 0.794. The van der Waals surface area contributed by atoms with Crippen LogP contribution in [0.25, 0.3) is 60.5 Å². The molecule has 1 atom stereocenters. The van der Waals surface area contributed by atoms with Gasteiger partial charge in [-0.05, 0) is 135 Å². The van der Waals surface area contributed by atoms with Crippen LogP contribution in [0.15, 0.2) is 261 Å². The van der Waals surface area contributed by atoms with E-state index in [2.05, 4.69) is 275 Å². The van der Waals surface area contributed by atoms with Crippen LogP contribution in [0.2, 0.25) is 0 Å². The normalized spacial score (nSPS) is 14.2. The van der Waals surface area contributed by atoms with Crippen LogP contribution in [0.5, 0.6) is 0 Å². The molecule has 0 N–H and O–H groups in total. The number of aromatic nitrogens is 1.